The maximum atomic E-state index is 11.5. The van der Waals surface area contributed by atoms with Crippen molar-refractivity contribution in [3.8, 4) is 0 Å². The molecule has 0 saturated carbocycles. The van der Waals surface area contributed by atoms with Gasteiger partial charge in [-0.2, -0.15) is 0 Å². The molecule has 1 heterocycles. The maximum Gasteiger partial charge on any atom is 0.407 e. The number of alkyl carbamates (subject to hydrolysis) is 1. The zero-order valence-corrected chi connectivity index (χ0v) is 11.4. The van der Waals surface area contributed by atoms with Gasteiger partial charge < -0.3 is 20.5 Å². The van der Waals surface area contributed by atoms with Crippen molar-refractivity contribution in [2.24, 2.45) is 5.73 Å². The van der Waals surface area contributed by atoms with E-state index in [1.54, 1.807) is 12.1 Å². The molecule has 20 heavy (non-hydrogen) atoms. The van der Waals surface area contributed by atoms with Gasteiger partial charge in [-0.1, -0.05) is 0 Å². The third-order valence-corrected chi connectivity index (χ3v) is 2.53. The van der Waals surface area contributed by atoms with Gasteiger partial charge in [-0.3, -0.25) is 4.98 Å². The zero-order chi connectivity index (χ0) is 14.8. The summed E-state index contributed by atoms with van der Waals surface area (Å²) in [5, 5.41) is 2.53. The fourth-order valence-electron chi connectivity index (χ4n) is 1.49. The summed E-state index contributed by atoms with van der Waals surface area (Å²) in [6.45, 7) is 0.984. The average Bonchev–Trinajstić information content (AvgIpc) is 2.49. The molecule has 0 spiro atoms. The van der Waals surface area contributed by atoms with Gasteiger partial charge in [-0.05, 0) is 31.5 Å². The Balaban J connectivity index is 2.45. The summed E-state index contributed by atoms with van der Waals surface area (Å²) in [5.41, 5.74) is 6.08. The first-order valence-electron chi connectivity index (χ1n) is 6.32. The van der Waals surface area contributed by atoms with Gasteiger partial charge in [0.15, 0.2) is 0 Å². The van der Waals surface area contributed by atoms with Crippen LogP contribution >= 0.6 is 0 Å². The molecule has 0 radical (unpaired) electrons. The van der Waals surface area contributed by atoms with Crippen molar-refractivity contribution in [2.45, 2.75) is 19.4 Å². The number of carbonyl (C=O) groups excluding carboxylic acids is 2. The van der Waals surface area contributed by atoms with E-state index in [-0.39, 0.29) is 6.54 Å². The van der Waals surface area contributed by atoms with E-state index < -0.39 is 12.1 Å². The van der Waals surface area contributed by atoms with E-state index in [9.17, 15) is 9.59 Å². The topological polar surface area (TPSA) is 104 Å². The van der Waals surface area contributed by atoms with E-state index in [1.807, 2.05) is 0 Å². The number of nitrogens with one attached hydrogen (secondary N) is 1. The maximum absolute atomic E-state index is 11.5. The minimum atomic E-state index is -0.552. The molecule has 110 valence electrons. The number of hydrogen-bond acceptors (Lipinski definition) is 6. The molecule has 0 atom stereocenters. The Morgan fingerprint density at radius 2 is 2.20 bits per heavy atom. The van der Waals surface area contributed by atoms with Gasteiger partial charge in [0.05, 0.1) is 31.5 Å². The van der Waals surface area contributed by atoms with Crippen molar-refractivity contribution in [3.63, 3.8) is 0 Å². The molecule has 1 aromatic heterocycles. The van der Waals surface area contributed by atoms with Crippen molar-refractivity contribution in [2.75, 3.05) is 20.3 Å². The molecule has 1 amide bonds. The zero-order valence-electron chi connectivity index (χ0n) is 11.4. The van der Waals surface area contributed by atoms with Crippen LogP contribution in [0.1, 0.15) is 28.9 Å². The molecule has 0 unspecified atom stereocenters. The van der Waals surface area contributed by atoms with E-state index in [1.165, 1.54) is 13.3 Å². The van der Waals surface area contributed by atoms with Crippen molar-refractivity contribution >= 4 is 12.1 Å². The number of nitrogens with zero attached hydrogens (tertiary/aromatic N) is 1. The summed E-state index contributed by atoms with van der Waals surface area (Å²) in [7, 11) is 1.29. The third-order valence-electron chi connectivity index (χ3n) is 2.53. The molecule has 0 bridgehead atoms. The third kappa shape index (κ3) is 5.23. The van der Waals surface area contributed by atoms with Crippen molar-refractivity contribution in [1.29, 1.82) is 0 Å². The Morgan fingerprint density at radius 3 is 2.90 bits per heavy atom. The number of hydrogen-bond donors (Lipinski definition) is 2. The van der Waals surface area contributed by atoms with E-state index >= 15 is 0 Å². The molecule has 3 N–H and O–H groups in total. The molecule has 7 nitrogen and oxygen atoms in total. The van der Waals surface area contributed by atoms with Gasteiger partial charge in [0, 0.05) is 6.20 Å². The van der Waals surface area contributed by atoms with Crippen LogP contribution in [0.15, 0.2) is 18.3 Å². The molecule has 0 aliphatic carbocycles. The Morgan fingerprint density at radius 1 is 1.40 bits per heavy atom. The smallest absolute Gasteiger partial charge is 0.407 e. The fourth-order valence-corrected chi connectivity index (χ4v) is 1.49. The van der Waals surface area contributed by atoms with Gasteiger partial charge in [0.2, 0.25) is 0 Å². The molecule has 0 fully saturated rings. The average molecular weight is 281 g/mol. The van der Waals surface area contributed by atoms with Gasteiger partial charge in [0.25, 0.3) is 0 Å². The van der Waals surface area contributed by atoms with Gasteiger partial charge in [-0.15, -0.1) is 0 Å². The Kier molecular flexibility index (Phi) is 7.05. The van der Waals surface area contributed by atoms with Gasteiger partial charge >= 0.3 is 12.1 Å². The van der Waals surface area contributed by atoms with E-state index in [2.05, 4.69) is 15.0 Å². The highest BCUT2D eigenvalue weighted by Crippen LogP contribution is 2.06. The summed E-state index contributed by atoms with van der Waals surface area (Å²) in [6.07, 6.45) is 2.51. The number of ether oxygens (including phenoxy) is 2. The van der Waals surface area contributed by atoms with Crippen molar-refractivity contribution in [3.05, 3.63) is 29.6 Å². The van der Waals surface area contributed by atoms with Crippen LogP contribution in [0.5, 0.6) is 0 Å². The van der Waals surface area contributed by atoms with Crippen LogP contribution in [0.2, 0.25) is 0 Å². The van der Waals surface area contributed by atoms with E-state index in [4.69, 9.17) is 10.5 Å². The van der Waals surface area contributed by atoms with Crippen LogP contribution in [-0.2, 0) is 16.0 Å². The summed E-state index contributed by atoms with van der Waals surface area (Å²) in [6, 6.07) is 3.21. The number of methoxy groups -OCH3 is 1. The van der Waals surface area contributed by atoms with Crippen LogP contribution in [0.3, 0.4) is 0 Å². The first-order valence-corrected chi connectivity index (χ1v) is 6.32. The lowest BCUT2D eigenvalue weighted by Crippen LogP contribution is -2.26. The summed E-state index contributed by atoms with van der Waals surface area (Å²) in [4.78, 5) is 27.0. The lowest BCUT2D eigenvalue weighted by molar-refractivity contribution is 0.0598. The van der Waals surface area contributed by atoms with Crippen LogP contribution in [0, 0.1) is 0 Å². The molecule has 0 aromatic carbocycles. The van der Waals surface area contributed by atoms with Crippen LogP contribution in [-0.4, -0.2) is 37.3 Å². The monoisotopic (exact) mass is 281 g/mol. The highest BCUT2D eigenvalue weighted by atomic mass is 16.5. The molecular weight excluding hydrogens is 262 g/mol. The largest absolute Gasteiger partial charge is 0.465 e. The highest BCUT2D eigenvalue weighted by Gasteiger charge is 2.13. The van der Waals surface area contributed by atoms with Crippen LogP contribution < -0.4 is 11.1 Å². The lowest BCUT2D eigenvalue weighted by atomic mass is 10.2. The van der Waals surface area contributed by atoms with Gasteiger partial charge in [-0.25, -0.2) is 9.59 Å². The molecule has 7 heteroatoms. The second kappa shape index (κ2) is 8.87. The lowest BCUT2D eigenvalue weighted by Gasteiger charge is -2.08. The Hall–Kier alpha value is -2.15. The van der Waals surface area contributed by atoms with Crippen molar-refractivity contribution < 1.29 is 19.1 Å². The predicted octanol–water partition coefficient (Wildman–Crippen LogP) is 0.833. The number of nitrogens with two attached hydrogens (primary N) is 1. The minimum Gasteiger partial charge on any atom is -0.465 e. The van der Waals surface area contributed by atoms with E-state index in [0.29, 0.717) is 24.4 Å². The fraction of sp³-hybridized carbons (Fsp3) is 0.462. The molecule has 0 aliphatic heterocycles. The second-order valence-electron chi connectivity index (χ2n) is 3.97. The van der Waals surface area contributed by atoms with Crippen molar-refractivity contribution in [1.82, 2.24) is 10.3 Å². The number of pyridine rings is 1. The predicted molar refractivity (Wildman–Crippen MR) is 72.1 cm³/mol. The first-order chi connectivity index (χ1) is 9.69. The quantitative estimate of drug-likeness (QED) is 0.567. The van der Waals surface area contributed by atoms with Crippen LogP contribution in [0.25, 0.3) is 0 Å². The number of carbonyl (C=O) groups is 2. The molecule has 0 aliphatic rings. The minimum absolute atomic E-state index is 0.0982. The molecule has 1 aromatic rings. The molecular formula is C13H19N3O4. The number of unbranched alkanes of at least 4 members (excludes halogenated alkanes) is 1. The Labute approximate surface area is 117 Å². The first kappa shape index (κ1) is 15.9. The second-order valence-corrected chi connectivity index (χ2v) is 3.97. The van der Waals surface area contributed by atoms with Crippen LogP contribution in [0.4, 0.5) is 4.79 Å². The Bertz CT molecular complexity index is 451. The number of esters is 1. The standard InChI is InChI=1S/C13H19N3O4/c1-19-12(17)10-5-4-7-15-11(10)9-16-13(18)20-8-3-2-6-14/h4-5,7H,2-3,6,8-9,14H2,1H3,(H,16,18). The molecule has 0 saturated heterocycles. The number of amides is 1. The molecule has 1 rings (SSSR count). The van der Waals surface area contributed by atoms with E-state index in [0.717, 1.165) is 12.8 Å². The number of rotatable bonds is 7. The summed E-state index contributed by atoms with van der Waals surface area (Å²) < 4.78 is 9.58. The highest BCUT2D eigenvalue weighted by molar-refractivity contribution is 5.90. The SMILES string of the molecule is COC(=O)c1cccnc1CNC(=O)OCCCCN. The normalized spacial score (nSPS) is 9.90. The summed E-state index contributed by atoms with van der Waals surface area (Å²) in [5.74, 6) is -0.494. The number of aromatic nitrogens is 1. The van der Waals surface area contributed by atoms with Gasteiger partial charge in [0.1, 0.15) is 0 Å². The summed E-state index contributed by atoms with van der Waals surface area (Å²) >= 11 is 0.